The summed E-state index contributed by atoms with van der Waals surface area (Å²) in [5.74, 6) is -0.805. The second-order valence-electron chi connectivity index (χ2n) is 8.89. The standard InChI is InChI=1S/C23H24FN5O2/c1-23(10-19-15-5-3-4-6-16(15)21(30)26-25-19)8-7-18(24)17(9-23)22(31)29-12-14-11-28(2)27-20(14)13-29/h5-7,9,11H,3-4,8,10,12-13H2,1-2H3,(H,26,30). The van der Waals surface area contributed by atoms with E-state index in [-0.39, 0.29) is 17.0 Å². The van der Waals surface area contributed by atoms with Crippen molar-refractivity contribution in [2.45, 2.75) is 45.7 Å². The molecule has 0 spiro atoms. The lowest BCUT2D eigenvalue weighted by molar-refractivity contribution is -0.127. The van der Waals surface area contributed by atoms with Crippen LogP contribution >= 0.6 is 0 Å². The molecule has 5 rings (SSSR count). The molecule has 2 aromatic heterocycles. The van der Waals surface area contributed by atoms with Crippen molar-refractivity contribution in [3.8, 4) is 0 Å². The monoisotopic (exact) mass is 421 g/mol. The molecule has 8 heteroatoms. The minimum Gasteiger partial charge on any atom is -0.328 e. The summed E-state index contributed by atoms with van der Waals surface area (Å²) in [7, 11) is 1.85. The van der Waals surface area contributed by atoms with Gasteiger partial charge in [0, 0.05) is 42.2 Å². The van der Waals surface area contributed by atoms with Crippen LogP contribution in [0.2, 0.25) is 0 Å². The van der Waals surface area contributed by atoms with Crippen LogP contribution in [0.4, 0.5) is 4.39 Å². The lowest BCUT2D eigenvalue weighted by atomic mass is 9.76. The van der Waals surface area contributed by atoms with Gasteiger partial charge in [0.2, 0.25) is 0 Å². The van der Waals surface area contributed by atoms with Gasteiger partial charge in [0.1, 0.15) is 5.83 Å². The molecule has 1 unspecified atom stereocenters. The van der Waals surface area contributed by atoms with Crippen molar-refractivity contribution in [1.29, 1.82) is 0 Å². The maximum Gasteiger partial charge on any atom is 0.271 e. The Labute approximate surface area is 178 Å². The van der Waals surface area contributed by atoms with Crippen molar-refractivity contribution in [1.82, 2.24) is 24.9 Å². The average Bonchev–Trinajstić information content (AvgIpc) is 3.29. The van der Waals surface area contributed by atoms with Crippen LogP contribution in [0.1, 0.15) is 43.1 Å². The lowest BCUT2D eigenvalue weighted by Gasteiger charge is -2.30. The zero-order chi connectivity index (χ0) is 21.8. The SMILES string of the molecule is Cn1cc2c(n1)CN(C(=O)C1=CC(C)(Cc3n[nH]c(=O)c4c3=CCCC=4)CC=C1F)C2. The Morgan fingerprint density at radius 3 is 2.77 bits per heavy atom. The number of allylic oxidation sites excluding steroid dienone is 2. The number of amides is 1. The summed E-state index contributed by atoms with van der Waals surface area (Å²) < 4.78 is 16.5. The fourth-order valence-corrected chi connectivity index (χ4v) is 4.72. The van der Waals surface area contributed by atoms with Crippen molar-refractivity contribution in [2.24, 2.45) is 12.5 Å². The summed E-state index contributed by atoms with van der Waals surface area (Å²) in [6.07, 6.45) is 11.8. The number of nitrogens with zero attached hydrogens (tertiary/aromatic N) is 4. The maximum atomic E-state index is 14.7. The zero-order valence-electron chi connectivity index (χ0n) is 17.6. The predicted molar refractivity (Wildman–Crippen MR) is 113 cm³/mol. The van der Waals surface area contributed by atoms with E-state index in [1.165, 1.54) is 6.08 Å². The van der Waals surface area contributed by atoms with Crippen molar-refractivity contribution in [2.75, 3.05) is 0 Å². The number of aromatic amines is 1. The molecule has 0 saturated carbocycles. The topological polar surface area (TPSA) is 83.9 Å². The van der Waals surface area contributed by atoms with Gasteiger partial charge in [0.15, 0.2) is 0 Å². The summed E-state index contributed by atoms with van der Waals surface area (Å²) in [5, 5.41) is 12.8. The Kier molecular flexibility index (Phi) is 4.53. The van der Waals surface area contributed by atoms with Crippen LogP contribution in [0.3, 0.4) is 0 Å². The van der Waals surface area contributed by atoms with Gasteiger partial charge in [-0.15, -0.1) is 0 Å². The molecular weight excluding hydrogens is 397 g/mol. The first-order valence-corrected chi connectivity index (χ1v) is 10.5. The van der Waals surface area contributed by atoms with Gasteiger partial charge < -0.3 is 4.90 Å². The molecule has 1 atom stereocenters. The zero-order valence-corrected chi connectivity index (χ0v) is 17.6. The molecule has 0 fully saturated rings. The summed E-state index contributed by atoms with van der Waals surface area (Å²) in [6.45, 7) is 2.81. The van der Waals surface area contributed by atoms with E-state index in [4.69, 9.17) is 0 Å². The lowest BCUT2D eigenvalue weighted by Crippen LogP contribution is -2.46. The summed E-state index contributed by atoms with van der Waals surface area (Å²) in [6, 6.07) is 0. The minimum absolute atomic E-state index is 0.0945. The Hall–Kier alpha value is -3.29. The first kappa shape index (κ1) is 19.7. The molecule has 3 heterocycles. The highest BCUT2D eigenvalue weighted by Crippen LogP contribution is 2.37. The number of aryl methyl sites for hydroxylation is 1. The number of aromatic nitrogens is 4. The molecule has 0 bridgehead atoms. The first-order valence-electron chi connectivity index (χ1n) is 10.5. The fourth-order valence-electron chi connectivity index (χ4n) is 4.72. The van der Waals surface area contributed by atoms with E-state index in [0.717, 1.165) is 35.0 Å². The van der Waals surface area contributed by atoms with Crippen molar-refractivity contribution < 1.29 is 9.18 Å². The minimum atomic E-state index is -0.489. The molecule has 2 aromatic rings. The van der Waals surface area contributed by atoms with Gasteiger partial charge in [0.05, 0.1) is 23.5 Å². The second-order valence-corrected chi connectivity index (χ2v) is 8.89. The molecule has 31 heavy (non-hydrogen) atoms. The van der Waals surface area contributed by atoms with Gasteiger partial charge in [-0.2, -0.15) is 10.2 Å². The van der Waals surface area contributed by atoms with E-state index < -0.39 is 11.2 Å². The van der Waals surface area contributed by atoms with Crippen LogP contribution in [0.15, 0.2) is 34.5 Å². The number of fused-ring (bicyclic) bond motifs is 2. The van der Waals surface area contributed by atoms with E-state index in [1.807, 2.05) is 32.3 Å². The number of halogens is 1. The van der Waals surface area contributed by atoms with Crippen LogP contribution in [-0.4, -0.2) is 30.8 Å². The number of rotatable bonds is 3. The number of carbonyl (C=O) groups excluding carboxylic acids is 1. The molecule has 0 saturated heterocycles. The molecule has 160 valence electrons. The highest BCUT2D eigenvalue weighted by Gasteiger charge is 2.35. The van der Waals surface area contributed by atoms with Crippen molar-refractivity contribution in [3.63, 3.8) is 0 Å². The molecule has 3 aliphatic rings. The van der Waals surface area contributed by atoms with E-state index in [1.54, 1.807) is 15.7 Å². The van der Waals surface area contributed by atoms with Crippen LogP contribution in [0.5, 0.6) is 0 Å². The molecule has 1 aliphatic heterocycles. The van der Waals surface area contributed by atoms with Crippen molar-refractivity contribution >= 4 is 18.1 Å². The Morgan fingerprint density at radius 2 is 2.00 bits per heavy atom. The van der Waals surface area contributed by atoms with Crippen LogP contribution in [-0.2, 0) is 31.4 Å². The third kappa shape index (κ3) is 3.45. The molecule has 7 nitrogen and oxygen atoms in total. The maximum absolute atomic E-state index is 14.7. The highest BCUT2D eigenvalue weighted by atomic mass is 19.1. The average molecular weight is 421 g/mol. The number of hydrogen-bond acceptors (Lipinski definition) is 4. The summed E-state index contributed by atoms with van der Waals surface area (Å²) >= 11 is 0. The largest absolute Gasteiger partial charge is 0.328 e. The van der Waals surface area contributed by atoms with E-state index >= 15 is 0 Å². The van der Waals surface area contributed by atoms with Crippen molar-refractivity contribution in [3.05, 3.63) is 67.5 Å². The summed E-state index contributed by atoms with van der Waals surface area (Å²) in [4.78, 5) is 26.9. The number of H-pyrrole nitrogens is 1. The van der Waals surface area contributed by atoms with Gasteiger partial charge in [-0.3, -0.25) is 14.3 Å². The molecule has 1 N–H and O–H groups in total. The highest BCUT2D eigenvalue weighted by molar-refractivity contribution is 5.97. The van der Waals surface area contributed by atoms with Gasteiger partial charge in [-0.25, -0.2) is 9.49 Å². The second kappa shape index (κ2) is 7.14. The molecular formula is C23H24FN5O2. The smallest absolute Gasteiger partial charge is 0.271 e. The van der Waals surface area contributed by atoms with Gasteiger partial charge in [-0.1, -0.05) is 25.2 Å². The third-order valence-electron chi connectivity index (χ3n) is 6.28. The van der Waals surface area contributed by atoms with Gasteiger partial charge in [-0.05, 0) is 30.8 Å². The normalized spacial score (nSPS) is 22.1. The van der Waals surface area contributed by atoms with Crippen LogP contribution < -0.4 is 16.0 Å². The Morgan fingerprint density at radius 1 is 1.23 bits per heavy atom. The molecule has 2 aliphatic carbocycles. The number of nitrogens with one attached hydrogen (secondary N) is 1. The van der Waals surface area contributed by atoms with E-state index in [9.17, 15) is 14.0 Å². The predicted octanol–water partition coefficient (Wildman–Crippen LogP) is 1.13. The van der Waals surface area contributed by atoms with Crippen LogP contribution in [0.25, 0.3) is 12.2 Å². The van der Waals surface area contributed by atoms with E-state index in [0.29, 0.717) is 31.1 Å². The first-order chi connectivity index (χ1) is 14.8. The number of carbonyl (C=O) groups is 1. The Bertz CT molecular complexity index is 1310. The third-order valence-corrected chi connectivity index (χ3v) is 6.28. The summed E-state index contributed by atoms with van der Waals surface area (Å²) in [5.41, 5.74) is 2.04. The number of hydrogen-bond donors (Lipinski definition) is 1. The van der Waals surface area contributed by atoms with Gasteiger partial charge >= 0.3 is 0 Å². The fraction of sp³-hybridized carbons (Fsp3) is 0.391. The molecule has 0 aromatic carbocycles. The molecule has 1 amide bonds. The quantitative estimate of drug-likeness (QED) is 0.806. The van der Waals surface area contributed by atoms with Gasteiger partial charge in [0.25, 0.3) is 11.5 Å². The van der Waals surface area contributed by atoms with E-state index in [2.05, 4.69) is 15.3 Å². The van der Waals surface area contributed by atoms with Crippen LogP contribution in [0, 0.1) is 5.41 Å². The molecule has 0 radical (unpaired) electrons. The Balaban J connectivity index is 1.44.